The smallest absolute Gasteiger partial charge is 0.188 e. The Bertz CT molecular complexity index is 693. The number of thiazole rings is 1. The highest BCUT2D eigenvalue weighted by atomic mass is 32.1. The van der Waals surface area contributed by atoms with Crippen LogP contribution >= 0.6 is 11.3 Å². The molecular formula is C17H20N2O3S. The van der Waals surface area contributed by atoms with E-state index in [1.54, 1.807) is 6.07 Å². The maximum atomic E-state index is 12.4. The molecule has 1 aliphatic rings. The predicted octanol–water partition coefficient (Wildman–Crippen LogP) is 3.00. The molecule has 1 atom stereocenters. The van der Waals surface area contributed by atoms with Crippen LogP contribution in [0.15, 0.2) is 17.5 Å². The van der Waals surface area contributed by atoms with Gasteiger partial charge in [-0.3, -0.25) is 4.79 Å². The van der Waals surface area contributed by atoms with Crippen molar-refractivity contribution < 1.29 is 14.3 Å². The quantitative estimate of drug-likeness (QED) is 0.761. The number of hydrogen-bond donors (Lipinski definition) is 0. The molecule has 6 heteroatoms. The highest BCUT2D eigenvalue weighted by Crippen LogP contribution is 2.19. The van der Waals surface area contributed by atoms with E-state index >= 15 is 0 Å². The Hall–Kier alpha value is -1.79. The van der Waals surface area contributed by atoms with Crippen LogP contribution in [-0.2, 0) is 11.2 Å². The maximum absolute atomic E-state index is 12.4. The molecule has 122 valence electrons. The van der Waals surface area contributed by atoms with E-state index in [2.05, 4.69) is 9.97 Å². The number of ether oxygens (including phenoxy) is 2. The molecule has 1 saturated heterocycles. The number of Topliss-reactive ketones (excluding diaryl/α,β-unsaturated/α-hetero) is 1. The third kappa shape index (κ3) is 4.36. The van der Waals surface area contributed by atoms with Crippen LogP contribution in [-0.4, -0.2) is 35.6 Å². The number of ketones is 1. The molecule has 2 aromatic rings. The molecule has 2 aromatic heterocycles. The van der Waals surface area contributed by atoms with Crippen LogP contribution in [0.5, 0.6) is 5.75 Å². The first-order valence-corrected chi connectivity index (χ1v) is 8.61. The second-order valence-electron chi connectivity index (χ2n) is 5.85. The number of nitrogens with zero attached hydrogens (tertiary/aromatic N) is 2. The van der Waals surface area contributed by atoms with Crippen LogP contribution in [0.25, 0.3) is 0 Å². The summed E-state index contributed by atoms with van der Waals surface area (Å²) in [5.41, 5.74) is 2.16. The van der Waals surface area contributed by atoms with Crippen molar-refractivity contribution in [2.24, 2.45) is 5.92 Å². The lowest BCUT2D eigenvalue weighted by Gasteiger charge is -2.11. The minimum absolute atomic E-state index is 0.0305. The van der Waals surface area contributed by atoms with Gasteiger partial charge in [0.2, 0.25) is 0 Å². The van der Waals surface area contributed by atoms with Crippen molar-refractivity contribution in [3.05, 3.63) is 39.6 Å². The average Bonchev–Trinajstić information content (AvgIpc) is 3.16. The van der Waals surface area contributed by atoms with Crippen LogP contribution in [0.4, 0.5) is 0 Å². The van der Waals surface area contributed by atoms with E-state index < -0.39 is 0 Å². The van der Waals surface area contributed by atoms with Crippen LogP contribution in [0.2, 0.25) is 0 Å². The molecule has 1 aliphatic heterocycles. The van der Waals surface area contributed by atoms with Gasteiger partial charge in [0.25, 0.3) is 0 Å². The first kappa shape index (κ1) is 16.1. The normalized spacial score (nSPS) is 17.4. The van der Waals surface area contributed by atoms with Crippen molar-refractivity contribution in [3.63, 3.8) is 0 Å². The molecule has 3 rings (SSSR count). The highest BCUT2D eigenvalue weighted by molar-refractivity contribution is 7.09. The third-order valence-electron chi connectivity index (χ3n) is 3.70. The molecule has 3 heterocycles. The molecule has 1 unspecified atom stereocenters. The zero-order valence-corrected chi connectivity index (χ0v) is 14.2. The van der Waals surface area contributed by atoms with E-state index in [0.29, 0.717) is 24.0 Å². The molecule has 23 heavy (non-hydrogen) atoms. The fourth-order valence-corrected chi connectivity index (χ4v) is 3.27. The summed E-state index contributed by atoms with van der Waals surface area (Å²) in [6.07, 6.45) is 1.31. The molecule has 0 amide bonds. The first-order chi connectivity index (χ1) is 11.1. The first-order valence-electron chi connectivity index (χ1n) is 7.73. The summed E-state index contributed by atoms with van der Waals surface area (Å²) < 4.78 is 11.2. The standard InChI is InChI=1S/C17H20N2O3S/c1-11-5-14(22-9-13-3-4-21-8-13)6-15(18-11)16(20)7-17-19-12(2)10-23-17/h5-6,10,13H,3-4,7-9H2,1-2H3. The maximum Gasteiger partial charge on any atom is 0.188 e. The third-order valence-corrected chi connectivity index (χ3v) is 4.67. The molecule has 5 nitrogen and oxygen atoms in total. The molecule has 0 N–H and O–H groups in total. The van der Waals surface area contributed by atoms with Gasteiger partial charge in [0, 0.05) is 41.4 Å². The Labute approximate surface area is 139 Å². The van der Waals surface area contributed by atoms with E-state index in [9.17, 15) is 4.79 Å². The van der Waals surface area contributed by atoms with Gasteiger partial charge in [-0.15, -0.1) is 11.3 Å². The summed E-state index contributed by atoms with van der Waals surface area (Å²) in [6.45, 7) is 5.96. The Morgan fingerprint density at radius 3 is 2.91 bits per heavy atom. The van der Waals surface area contributed by atoms with Gasteiger partial charge in [-0.2, -0.15) is 0 Å². The summed E-state index contributed by atoms with van der Waals surface area (Å²) in [4.78, 5) is 21.1. The lowest BCUT2D eigenvalue weighted by Crippen LogP contribution is -2.13. The number of carbonyl (C=O) groups is 1. The molecule has 1 fully saturated rings. The van der Waals surface area contributed by atoms with Crippen molar-refractivity contribution in [1.82, 2.24) is 9.97 Å². The van der Waals surface area contributed by atoms with Gasteiger partial charge in [-0.05, 0) is 20.3 Å². The molecule has 0 bridgehead atoms. The van der Waals surface area contributed by atoms with Gasteiger partial charge in [0.1, 0.15) is 16.5 Å². The van der Waals surface area contributed by atoms with Crippen LogP contribution in [0.1, 0.15) is 33.3 Å². The number of carbonyl (C=O) groups excluding carboxylic acids is 1. The molecule has 0 saturated carbocycles. The molecule has 0 spiro atoms. The summed E-state index contributed by atoms with van der Waals surface area (Å²) in [5, 5.41) is 2.77. The number of aryl methyl sites for hydroxylation is 2. The van der Waals surface area contributed by atoms with Crippen LogP contribution in [0, 0.1) is 19.8 Å². The fourth-order valence-electron chi connectivity index (χ4n) is 2.50. The monoisotopic (exact) mass is 332 g/mol. The zero-order valence-electron chi connectivity index (χ0n) is 13.4. The summed E-state index contributed by atoms with van der Waals surface area (Å²) in [6, 6.07) is 3.59. The lowest BCUT2D eigenvalue weighted by molar-refractivity contribution is 0.0987. The van der Waals surface area contributed by atoms with Gasteiger partial charge in [-0.25, -0.2) is 9.97 Å². The minimum atomic E-state index is -0.0305. The Balaban J connectivity index is 1.67. The molecular weight excluding hydrogens is 312 g/mol. The van der Waals surface area contributed by atoms with E-state index in [0.717, 1.165) is 36.0 Å². The highest BCUT2D eigenvalue weighted by Gasteiger charge is 2.17. The molecule has 0 radical (unpaired) electrons. The van der Waals surface area contributed by atoms with Gasteiger partial charge in [0.15, 0.2) is 5.78 Å². The van der Waals surface area contributed by atoms with E-state index in [-0.39, 0.29) is 12.2 Å². The van der Waals surface area contributed by atoms with Crippen LogP contribution in [0.3, 0.4) is 0 Å². The number of pyridine rings is 1. The van der Waals surface area contributed by atoms with Crippen molar-refractivity contribution in [2.75, 3.05) is 19.8 Å². The summed E-state index contributed by atoms with van der Waals surface area (Å²) in [7, 11) is 0. The van der Waals surface area contributed by atoms with Crippen molar-refractivity contribution in [3.8, 4) is 5.75 Å². The second kappa shape index (κ2) is 7.19. The average molecular weight is 332 g/mol. The largest absolute Gasteiger partial charge is 0.493 e. The van der Waals surface area contributed by atoms with E-state index in [4.69, 9.17) is 9.47 Å². The molecule has 0 aromatic carbocycles. The second-order valence-corrected chi connectivity index (χ2v) is 6.80. The zero-order chi connectivity index (χ0) is 16.2. The topological polar surface area (TPSA) is 61.3 Å². The van der Waals surface area contributed by atoms with Crippen molar-refractivity contribution in [2.45, 2.75) is 26.7 Å². The van der Waals surface area contributed by atoms with Crippen molar-refractivity contribution >= 4 is 17.1 Å². The van der Waals surface area contributed by atoms with Crippen molar-refractivity contribution in [1.29, 1.82) is 0 Å². The van der Waals surface area contributed by atoms with Gasteiger partial charge >= 0.3 is 0 Å². The minimum Gasteiger partial charge on any atom is -0.493 e. The number of aromatic nitrogens is 2. The fraction of sp³-hybridized carbons (Fsp3) is 0.471. The Morgan fingerprint density at radius 2 is 2.22 bits per heavy atom. The number of hydrogen-bond acceptors (Lipinski definition) is 6. The van der Waals surface area contributed by atoms with Gasteiger partial charge in [0.05, 0.1) is 19.6 Å². The number of rotatable bonds is 6. The summed E-state index contributed by atoms with van der Waals surface area (Å²) in [5.74, 6) is 1.10. The Morgan fingerprint density at radius 1 is 1.35 bits per heavy atom. The molecule has 0 aliphatic carbocycles. The summed E-state index contributed by atoms with van der Waals surface area (Å²) >= 11 is 1.50. The predicted molar refractivity (Wildman–Crippen MR) is 88.3 cm³/mol. The van der Waals surface area contributed by atoms with Gasteiger partial charge in [-0.1, -0.05) is 0 Å². The lowest BCUT2D eigenvalue weighted by atomic mass is 10.1. The van der Waals surface area contributed by atoms with Gasteiger partial charge < -0.3 is 9.47 Å². The van der Waals surface area contributed by atoms with E-state index in [1.807, 2.05) is 25.3 Å². The Kier molecular flexibility index (Phi) is 5.03. The SMILES string of the molecule is Cc1cc(OCC2CCOC2)cc(C(=O)Cc2nc(C)cs2)n1. The van der Waals surface area contributed by atoms with Crippen LogP contribution < -0.4 is 4.74 Å². The van der Waals surface area contributed by atoms with E-state index in [1.165, 1.54) is 11.3 Å².